The number of amides is 1. The first-order chi connectivity index (χ1) is 9.00. The van der Waals surface area contributed by atoms with Gasteiger partial charge in [-0.1, -0.05) is 6.07 Å². The third-order valence-electron chi connectivity index (χ3n) is 3.14. The van der Waals surface area contributed by atoms with Crippen LogP contribution in [0, 0.1) is 0 Å². The molecule has 2 rings (SSSR count). The van der Waals surface area contributed by atoms with Gasteiger partial charge in [-0.05, 0) is 39.8 Å². The first-order valence-electron chi connectivity index (χ1n) is 6.54. The summed E-state index contributed by atoms with van der Waals surface area (Å²) in [5, 5.41) is 9.62. The fraction of sp³-hybridized carbons (Fsp3) is 0.400. The number of benzene rings is 1. The minimum absolute atomic E-state index is 0.0590. The van der Waals surface area contributed by atoms with Gasteiger partial charge in [0.25, 0.3) is 5.91 Å². The molecule has 0 saturated carbocycles. The summed E-state index contributed by atoms with van der Waals surface area (Å²) in [5.74, 6) is 0.0590. The highest BCUT2D eigenvalue weighted by Crippen LogP contribution is 2.17. The van der Waals surface area contributed by atoms with Gasteiger partial charge in [0, 0.05) is 28.4 Å². The van der Waals surface area contributed by atoms with Gasteiger partial charge < -0.3 is 4.90 Å². The Balaban J connectivity index is 2.40. The molecule has 1 aromatic heterocycles. The molecule has 0 saturated heterocycles. The third-order valence-corrected chi connectivity index (χ3v) is 3.14. The third kappa shape index (κ3) is 2.72. The number of nitrogens with zero attached hydrogens (tertiary/aromatic N) is 3. The van der Waals surface area contributed by atoms with E-state index in [1.165, 1.54) is 0 Å². The molecule has 4 nitrogen and oxygen atoms in total. The molecule has 1 aromatic carbocycles. The summed E-state index contributed by atoms with van der Waals surface area (Å²) in [6, 6.07) is 6.00. The Kier molecular flexibility index (Phi) is 3.79. The first-order valence-corrected chi connectivity index (χ1v) is 6.54. The topological polar surface area (TPSA) is 46.1 Å². The molecule has 0 aliphatic carbocycles. The van der Waals surface area contributed by atoms with Crippen molar-refractivity contribution in [2.75, 3.05) is 0 Å². The molecule has 0 unspecified atom stereocenters. The lowest BCUT2D eigenvalue weighted by Crippen LogP contribution is -2.42. The maximum atomic E-state index is 12.6. The molecule has 1 heterocycles. The van der Waals surface area contributed by atoms with Crippen molar-refractivity contribution in [2.24, 2.45) is 0 Å². The molecule has 2 aromatic rings. The largest absolute Gasteiger partial charge is 0.334 e. The van der Waals surface area contributed by atoms with Crippen LogP contribution in [0.2, 0.25) is 0 Å². The lowest BCUT2D eigenvalue weighted by molar-refractivity contribution is 0.0644. The molecular weight excluding hydrogens is 238 g/mol. The van der Waals surface area contributed by atoms with Crippen LogP contribution in [0.3, 0.4) is 0 Å². The molecule has 1 amide bonds. The zero-order chi connectivity index (χ0) is 14.0. The predicted molar refractivity (Wildman–Crippen MR) is 76.0 cm³/mol. The fourth-order valence-electron chi connectivity index (χ4n) is 2.34. The minimum Gasteiger partial charge on any atom is -0.334 e. The lowest BCUT2D eigenvalue weighted by Gasteiger charge is -2.30. The Labute approximate surface area is 113 Å². The van der Waals surface area contributed by atoms with Crippen LogP contribution in [0.25, 0.3) is 10.8 Å². The van der Waals surface area contributed by atoms with Crippen LogP contribution in [0.5, 0.6) is 0 Å². The first kappa shape index (κ1) is 13.5. The fourth-order valence-corrected chi connectivity index (χ4v) is 2.34. The van der Waals surface area contributed by atoms with Crippen molar-refractivity contribution in [1.29, 1.82) is 0 Å². The van der Waals surface area contributed by atoms with E-state index in [1.807, 2.05) is 50.8 Å². The van der Waals surface area contributed by atoms with Crippen LogP contribution in [0.15, 0.2) is 30.6 Å². The molecule has 0 fully saturated rings. The summed E-state index contributed by atoms with van der Waals surface area (Å²) in [7, 11) is 0. The van der Waals surface area contributed by atoms with Gasteiger partial charge >= 0.3 is 0 Å². The molecule has 4 heteroatoms. The highest BCUT2D eigenvalue weighted by Gasteiger charge is 2.21. The number of hydrogen-bond donors (Lipinski definition) is 0. The number of fused-ring (bicyclic) bond motifs is 1. The number of rotatable bonds is 3. The van der Waals surface area contributed by atoms with Gasteiger partial charge in [0.1, 0.15) is 0 Å². The van der Waals surface area contributed by atoms with Crippen LogP contribution in [-0.4, -0.2) is 33.1 Å². The second-order valence-electron chi connectivity index (χ2n) is 5.23. The van der Waals surface area contributed by atoms with Gasteiger partial charge in [-0.15, -0.1) is 0 Å². The molecule has 0 bridgehead atoms. The van der Waals surface area contributed by atoms with E-state index in [0.717, 1.165) is 10.8 Å². The summed E-state index contributed by atoms with van der Waals surface area (Å²) in [6.45, 7) is 8.13. The molecule has 0 radical (unpaired) electrons. The van der Waals surface area contributed by atoms with Crippen molar-refractivity contribution in [3.63, 3.8) is 0 Å². The zero-order valence-electron chi connectivity index (χ0n) is 11.8. The predicted octanol–water partition coefficient (Wildman–Crippen LogP) is 2.89. The van der Waals surface area contributed by atoms with E-state index in [0.29, 0.717) is 5.56 Å². The van der Waals surface area contributed by atoms with Crippen molar-refractivity contribution in [3.05, 3.63) is 36.2 Å². The summed E-state index contributed by atoms with van der Waals surface area (Å²) in [4.78, 5) is 14.4. The SMILES string of the molecule is CC(C)N(C(=O)c1ccc2cnncc2c1)C(C)C. The molecule has 0 aliphatic heterocycles. The van der Waals surface area contributed by atoms with E-state index in [9.17, 15) is 4.79 Å². The number of aromatic nitrogens is 2. The van der Waals surface area contributed by atoms with E-state index in [-0.39, 0.29) is 18.0 Å². The Bertz CT molecular complexity index is 585. The smallest absolute Gasteiger partial charge is 0.254 e. The van der Waals surface area contributed by atoms with Gasteiger partial charge in [0.15, 0.2) is 0 Å². The van der Waals surface area contributed by atoms with Crippen molar-refractivity contribution >= 4 is 16.7 Å². The lowest BCUT2D eigenvalue weighted by atomic mass is 10.1. The summed E-state index contributed by atoms with van der Waals surface area (Å²) in [6.07, 6.45) is 3.38. The second-order valence-corrected chi connectivity index (χ2v) is 5.23. The van der Waals surface area contributed by atoms with E-state index < -0.39 is 0 Å². The Morgan fingerprint density at radius 2 is 1.58 bits per heavy atom. The number of hydrogen-bond acceptors (Lipinski definition) is 3. The normalized spacial score (nSPS) is 11.3. The van der Waals surface area contributed by atoms with E-state index in [1.54, 1.807) is 12.4 Å². The number of carbonyl (C=O) groups excluding carboxylic acids is 1. The van der Waals surface area contributed by atoms with Crippen LogP contribution >= 0.6 is 0 Å². The van der Waals surface area contributed by atoms with Gasteiger partial charge in [-0.3, -0.25) is 4.79 Å². The molecule has 19 heavy (non-hydrogen) atoms. The summed E-state index contributed by atoms with van der Waals surface area (Å²) < 4.78 is 0. The average molecular weight is 257 g/mol. The number of carbonyl (C=O) groups is 1. The van der Waals surface area contributed by atoms with Crippen LogP contribution in [0.1, 0.15) is 38.1 Å². The van der Waals surface area contributed by atoms with Crippen LogP contribution < -0.4 is 0 Å². The van der Waals surface area contributed by atoms with Crippen molar-refractivity contribution in [2.45, 2.75) is 39.8 Å². The Hall–Kier alpha value is -1.97. The summed E-state index contributed by atoms with van der Waals surface area (Å²) >= 11 is 0. The monoisotopic (exact) mass is 257 g/mol. The molecule has 0 spiro atoms. The van der Waals surface area contributed by atoms with Gasteiger partial charge in [-0.2, -0.15) is 10.2 Å². The van der Waals surface area contributed by atoms with Gasteiger partial charge in [0.2, 0.25) is 0 Å². The van der Waals surface area contributed by atoms with Gasteiger partial charge in [-0.25, -0.2) is 0 Å². The van der Waals surface area contributed by atoms with Crippen molar-refractivity contribution in [3.8, 4) is 0 Å². The molecule has 0 N–H and O–H groups in total. The van der Waals surface area contributed by atoms with Crippen molar-refractivity contribution in [1.82, 2.24) is 15.1 Å². The van der Waals surface area contributed by atoms with Crippen molar-refractivity contribution < 1.29 is 4.79 Å². The average Bonchev–Trinajstić information content (AvgIpc) is 2.37. The van der Waals surface area contributed by atoms with E-state index >= 15 is 0 Å². The molecule has 100 valence electrons. The van der Waals surface area contributed by atoms with E-state index in [4.69, 9.17) is 0 Å². The van der Waals surface area contributed by atoms with Crippen LogP contribution in [0.4, 0.5) is 0 Å². The molecular formula is C15H19N3O. The van der Waals surface area contributed by atoms with E-state index in [2.05, 4.69) is 10.2 Å². The molecule has 0 atom stereocenters. The highest BCUT2D eigenvalue weighted by molar-refractivity contribution is 5.98. The highest BCUT2D eigenvalue weighted by atomic mass is 16.2. The summed E-state index contributed by atoms with van der Waals surface area (Å²) in [5.41, 5.74) is 0.697. The minimum atomic E-state index is 0.0590. The van der Waals surface area contributed by atoms with Crippen LogP contribution in [-0.2, 0) is 0 Å². The Morgan fingerprint density at radius 1 is 1.00 bits per heavy atom. The maximum Gasteiger partial charge on any atom is 0.254 e. The zero-order valence-corrected chi connectivity index (χ0v) is 11.8. The quantitative estimate of drug-likeness (QED) is 0.849. The van der Waals surface area contributed by atoms with Gasteiger partial charge in [0.05, 0.1) is 12.4 Å². The molecule has 0 aliphatic rings. The maximum absolute atomic E-state index is 12.6. The second kappa shape index (κ2) is 5.34. The Morgan fingerprint density at radius 3 is 2.16 bits per heavy atom. The standard InChI is InChI=1S/C15H19N3O/c1-10(2)18(11(3)4)15(19)12-5-6-13-8-16-17-9-14(13)7-12/h5-11H,1-4H3.